The molecule has 0 radical (unpaired) electrons. The standard InChI is InChI=1S/C29H21ClF2N4O5S/c30-13-18-24-26(37)36(17-8-9-22-23(12-17)41-11-10-40-22)29(39)35(14-19-20(31)2-1-3-21(19)32)27(24)42-25(18)15-4-6-16(7-5-15)34-28(33)38/h1-9,12H,10-11,13-14H2,(H3,33,34,38). The lowest BCUT2D eigenvalue weighted by atomic mass is 10.1. The number of ether oxygens (including phenoxy) is 2. The summed E-state index contributed by atoms with van der Waals surface area (Å²) in [5.41, 5.74) is 5.13. The molecule has 0 aliphatic carbocycles. The molecule has 1 aliphatic rings. The lowest BCUT2D eigenvalue weighted by molar-refractivity contribution is 0.171. The predicted octanol–water partition coefficient (Wildman–Crippen LogP) is 5.21. The minimum absolute atomic E-state index is 0.0980. The number of carbonyl (C=O) groups excluding carboxylic acids is 1. The number of urea groups is 1. The van der Waals surface area contributed by atoms with Crippen molar-refractivity contribution in [1.29, 1.82) is 0 Å². The van der Waals surface area contributed by atoms with E-state index in [9.17, 15) is 23.2 Å². The molecule has 5 aromatic rings. The van der Waals surface area contributed by atoms with Crippen LogP contribution in [0.15, 0.2) is 70.3 Å². The van der Waals surface area contributed by atoms with Crippen molar-refractivity contribution in [3.05, 3.63) is 104 Å². The van der Waals surface area contributed by atoms with Crippen LogP contribution in [0.1, 0.15) is 11.1 Å². The van der Waals surface area contributed by atoms with Gasteiger partial charge in [0.15, 0.2) is 11.5 Å². The van der Waals surface area contributed by atoms with Crippen LogP contribution in [-0.4, -0.2) is 28.4 Å². The number of nitrogens with zero attached hydrogens (tertiary/aromatic N) is 2. The Morgan fingerprint density at radius 2 is 1.67 bits per heavy atom. The summed E-state index contributed by atoms with van der Waals surface area (Å²) in [7, 11) is 0. The molecule has 3 heterocycles. The van der Waals surface area contributed by atoms with Crippen molar-refractivity contribution in [3.8, 4) is 27.6 Å². The van der Waals surface area contributed by atoms with E-state index in [2.05, 4.69) is 5.32 Å². The predicted molar refractivity (Wildman–Crippen MR) is 156 cm³/mol. The van der Waals surface area contributed by atoms with Crippen molar-refractivity contribution in [1.82, 2.24) is 9.13 Å². The quantitative estimate of drug-likeness (QED) is 0.256. The van der Waals surface area contributed by atoms with Crippen LogP contribution in [0.4, 0.5) is 19.3 Å². The van der Waals surface area contributed by atoms with Gasteiger partial charge in [0.05, 0.1) is 17.6 Å². The Hall–Kier alpha value is -4.68. The summed E-state index contributed by atoms with van der Waals surface area (Å²) < 4.78 is 42.9. The van der Waals surface area contributed by atoms with E-state index >= 15 is 0 Å². The summed E-state index contributed by atoms with van der Waals surface area (Å²) in [4.78, 5) is 40.1. The van der Waals surface area contributed by atoms with E-state index in [-0.39, 0.29) is 27.3 Å². The van der Waals surface area contributed by atoms with Gasteiger partial charge in [0.2, 0.25) is 0 Å². The van der Waals surface area contributed by atoms with Crippen LogP contribution in [0, 0.1) is 11.6 Å². The zero-order chi connectivity index (χ0) is 29.5. The molecule has 13 heteroatoms. The minimum Gasteiger partial charge on any atom is -0.486 e. The molecule has 0 saturated heterocycles. The Morgan fingerprint density at radius 3 is 2.33 bits per heavy atom. The van der Waals surface area contributed by atoms with Crippen molar-refractivity contribution >= 4 is 44.9 Å². The molecule has 2 aromatic heterocycles. The Kier molecular flexibility index (Phi) is 7.17. The van der Waals surface area contributed by atoms with Gasteiger partial charge >= 0.3 is 11.7 Å². The maximum atomic E-state index is 14.8. The SMILES string of the molecule is NC(=O)Nc1ccc(-c2sc3c(c2CCl)c(=O)n(-c2ccc4c(c2)OCCO4)c(=O)n3Cc2c(F)cccc2F)cc1. The molecule has 3 aromatic carbocycles. The third-order valence-corrected chi connectivity index (χ3v) is 8.35. The van der Waals surface area contributed by atoms with E-state index in [1.165, 1.54) is 22.8 Å². The number of alkyl halides is 1. The number of thiophene rings is 1. The van der Waals surface area contributed by atoms with Crippen molar-refractivity contribution in [2.45, 2.75) is 12.4 Å². The summed E-state index contributed by atoms with van der Waals surface area (Å²) in [6.07, 6.45) is 0. The third-order valence-electron chi connectivity index (χ3n) is 6.78. The normalized spacial score (nSPS) is 12.5. The molecule has 42 heavy (non-hydrogen) atoms. The number of hydrogen-bond donors (Lipinski definition) is 2. The van der Waals surface area contributed by atoms with Crippen LogP contribution >= 0.6 is 22.9 Å². The lowest BCUT2D eigenvalue weighted by Gasteiger charge is -2.19. The summed E-state index contributed by atoms with van der Waals surface area (Å²) in [5, 5.41) is 2.61. The fraction of sp³-hybridized carbons (Fsp3) is 0.138. The number of aromatic nitrogens is 2. The number of rotatable bonds is 6. The minimum atomic E-state index is -0.834. The highest BCUT2D eigenvalue weighted by Gasteiger charge is 2.25. The number of hydrogen-bond acceptors (Lipinski definition) is 6. The molecule has 0 saturated carbocycles. The molecule has 0 bridgehead atoms. The van der Waals surface area contributed by atoms with Gasteiger partial charge in [-0.05, 0) is 42.0 Å². The lowest BCUT2D eigenvalue weighted by Crippen LogP contribution is -2.39. The van der Waals surface area contributed by atoms with Crippen LogP contribution in [0.25, 0.3) is 26.3 Å². The second-order valence-corrected chi connectivity index (χ2v) is 10.6. The molecule has 0 atom stereocenters. The van der Waals surface area contributed by atoms with E-state index in [1.54, 1.807) is 30.3 Å². The van der Waals surface area contributed by atoms with Crippen LogP contribution in [-0.2, 0) is 12.4 Å². The van der Waals surface area contributed by atoms with Crippen molar-refractivity contribution < 1.29 is 23.0 Å². The summed E-state index contributed by atoms with van der Waals surface area (Å²) in [6, 6.07) is 14.0. The molecule has 2 amide bonds. The smallest absolute Gasteiger partial charge is 0.337 e. The maximum absolute atomic E-state index is 14.8. The molecule has 0 spiro atoms. The van der Waals surface area contributed by atoms with Crippen molar-refractivity contribution in [2.24, 2.45) is 5.73 Å². The molecule has 9 nitrogen and oxygen atoms in total. The van der Waals surface area contributed by atoms with Gasteiger partial charge in [-0.2, -0.15) is 0 Å². The van der Waals surface area contributed by atoms with Gasteiger partial charge in [0, 0.05) is 33.6 Å². The highest BCUT2D eigenvalue weighted by Crippen LogP contribution is 2.39. The summed E-state index contributed by atoms with van der Waals surface area (Å²) in [5.74, 6) is -0.955. The molecular weight excluding hydrogens is 590 g/mol. The third kappa shape index (κ3) is 4.78. The number of halogens is 3. The van der Waals surface area contributed by atoms with E-state index < -0.39 is 35.5 Å². The number of carbonyl (C=O) groups is 1. The first kappa shape index (κ1) is 27.5. The number of anilines is 1. The maximum Gasteiger partial charge on any atom is 0.337 e. The summed E-state index contributed by atoms with van der Waals surface area (Å²) in [6.45, 7) is 0.163. The van der Waals surface area contributed by atoms with E-state index in [4.69, 9.17) is 26.8 Å². The molecule has 0 fully saturated rings. The zero-order valence-corrected chi connectivity index (χ0v) is 23.2. The number of primary amides is 1. The van der Waals surface area contributed by atoms with Crippen LogP contribution in [0.5, 0.6) is 11.5 Å². The highest BCUT2D eigenvalue weighted by atomic mass is 35.5. The zero-order valence-electron chi connectivity index (χ0n) is 21.7. The molecule has 3 N–H and O–H groups in total. The van der Waals surface area contributed by atoms with Gasteiger partial charge < -0.3 is 20.5 Å². The van der Waals surface area contributed by atoms with E-state index in [0.717, 1.165) is 28.0 Å². The number of benzene rings is 3. The molecular formula is C29H21ClF2N4O5S. The number of amides is 2. The first-order valence-corrected chi connectivity index (χ1v) is 14.0. The Balaban J connectivity index is 1.63. The molecule has 1 aliphatic heterocycles. The van der Waals surface area contributed by atoms with Crippen molar-refractivity contribution in [3.63, 3.8) is 0 Å². The van der Waals surface area contributed by atoms with Gasteiger partial charge in [0.1, 0.15) is 29.7 Å². The van der Waals surface area contributed by atoms with Gasteiger partial charge in [-0.15, -0.1) is 22.9 Å². The number of fused-ring (bicyclic) bond motifs is 2. The van der Waals surface area contributed by atoms with Gasteiger partial charge in [0.25, 0.3) is 5.56 Å². The van der Waals surface area contributed by atoms with Crippen molar-refractivity contribution in [2.75, 3.05) is 18.5 Å². The average Bonchev–Trinajstić information content (AvgIpc) is 3.36. The molecule has 0 unspecified atom stereocenters. The van der Waals surface area contributed by atoms with E-state index in [0.29, 0.717) is 46.4 Å². The average molecular weight is 611 g/mol. The first-order valence-electron chi connectivity index (χ1n) is 12.6. The Morgan fingerprint density at radius 1 is 0.976 bits per heavy atom. The van der Waals surface area contributed by atoms with E-state index in [1.807, 2.05) is 0 Å². The van der Waals surface area contributed by atoms with Crippen LogP contribution in [0.3, 0.4) is 0 Å². The van der Waals surface area contributed by atoms with Gasteiger partial charge in [-0.1, -0.05) is 18.2 Å². The van der Waals surface area contributed by atoms with Crippen LogP contribution in [0.2, 0.25) is 0 Å². The van der Waals surface area contributed by atoms with Crippen LogP contribution < -0.4 is 31.8 Å². The monoisotopic (exact) mass is 610 g/mol. The number of nitrogens with one attached hydrogen (secondary N) is 1. The summed E-state index contributed by atoms with van der Waals surface area (Å²) >= 11 is 7.51. The fourth-order valence-corrected chi connectivity index (χ4v) is 6.51. The van der Waals surface area contributed by atoms with Gasteiger partial charge in [-0.3, -0.25) is 9.36 Å². The van der Waals surface area contributed by atoms with Gasteiger partial charge in [-0.25, -0.2) is 22.9 Å². The molecule has 214 valence electrons. The highest BCUT2D eigenvalue weighted by molar-refractivity contribution is 7.22. The largest absolute Gasteiger partial charge is 0.486 e. The second kappa shape index (κ2) is 11.0. The molecule has 6 rings (SSSR count). The number of nitrogens with two attached hydrogens (primary N) is 1. The first-order chi connectivity index (χ1) is 20.3. The Bertz CT molecular complexity index is 1970. The Labute approximate surface area is 245 Å². The fourth-order valence-electron chi connectivity index (χ4n) is 4.86. The topological polar surface area (TPSA) is 118 Å². The second-order valence-electron chi connectivity index (χ2n) is 9.33.